The summed E-state index contributed by atoms with van der Waals surface area (Å²) in [6.07, 6.45) is 1.96. The van der Waals surface area contributed by atoms with E-state index in [-0.39, 0.29) is 11.7 Å². The van der Waals surface area contributed by atoms with E-state index in [0.717, 1.165) is 23.4 Å². The number of ketones is 1. The lowest BCUT2D eigenvalue weighted by Gasteiger charge is -2.03. The van der Waals surface area contributed by atoms with Crippen molar-refractivity contribution in [2.75, 3.05) is 0 Å². The fourth-order valence-electron chi connectivity index (χ4n) is 2.68. The predicted octanol–water partition coefficient (Wildman–Crippen LogP) is 4.89. The van der Waals surface area contributed by atoms with Crippen LogP contribution in [0.2, 0.25) is 5.02 Å². The van der Waals surface area contributed by atoms with E-state index in [1.165, 1.54) is 11.1 Å². The summed E-state index contributed by atoms with van der Waals surface area (Å²) < 4.78 is 0. The second-order valence-electron chi connectivity index (χ2n) is 5.41. The number of carbonyl (C=O) groups excluding carboxylic acids is 1. The highest BCUT2D eigenvalue weighted by atomic mass is 35.5. The Morgan fingerprint density at radius 3 is 2.35 bits per heavy atom. The molecule has 0 saturated heterocycles. The van der Waals surface area contributed by atoms with E-state index in [0.29, 0.717) is 5.92 Å². The van der Waals surface area contributed by atoms with Crippen molar-refractivity contribution >= 4 is 17.4 Å². The molecule has 2 aromatic rings. The van der Waals surface area contributed by atoms with E-state index in [4.69, 9.17) is 11.6 Å². The first-order valence-corrected chi connectivity index (χ1v) is 7.45. The molecule has 1 saturated carbocycles. The van der Waals surface area contributed by atoms with Gasteiger partial charge in [-0.1, -0.05) is 54.9 Å². The van der Waals surface area contributed by atoms with Crippen LogP contribution < -0.4 is 0 Å². The molecule has 20 heavy (non-hydrogen) atoms. The Kier molecular flexibility index (Phi) is 3.62. The first kappa shape index (κ1) is 13.4. The van der Waals surface area contributed by atoms with Crippen molar-refractivity contribution in [2.45, 2.75) is 25.7 Å². The molecule has 0 amide bonds. The molecule has 0 N–H and O–H groups in total. The van der Waals surface area contributed by atoms with Gasteiger partial charge in [0.25, 0.3) is 0 Å². The molecule has 3 rings (SSSR count). The average Bonchev–Trinajstić information content (AvgIpc) is 3.28. The van der Waals surface area contributed by atoms with Gasteiger partial charge in [0.1, 0.15) is 0 Å². The maximum absolute atomic E-state index is 12.4. The molecule has 0 spiro atoms. The molecule has 2 aromatic carbocycles. The van der Waals surface area contributed by atoms with Crippen molar-refractivity contribution < 1.29 is 4.79 Å². The highest BCUT2D eigenvalue weighted by Gasteiger charge is 2.43. The van der Waals surface area contributed by atoms with Gasteiger partial charge in [0.2, 0.25) is 0 Å². The van der Waals surface area contributed by atoms with Crippen molar-refractivity contribution in [1.82, 2.24) is 0 Å². The highest BCUT2D eigenvalue weighted by molar-refractivity contribution is 6.30. The third-order valence-electron chi connectivity index (χ3n) is 4.07. The molecule has 0 aliphatic heterocycles. The van der Waals surface area contributed by atoms with Gasteiger partial charge in [0.15, 0.2) is 5.78 Å². The Labute approximate surface area is 124 Å². The normalized spacial score (nSPS) is 20.7. The molecule has 2 unspecified atom stereocenters. The molecule has 1 fully saturated rings. The SMILES string of the molecule is CCc1ccc(C(=O)C2CC2c2ccc(Cl)cc2)cc1. The smallest absolute Gasteiger partial charge is 0.166 e. The van der Waals surface area contributed by atoms with E-state index in [1.807, 2.05) is 48.5 Å². The fourth-order valence-corrected chi connectivity index (χ4v) is 2.81. The standard InChI is InChI=1S/C18H17ClO/c1-2-12-3-5-14(6-4-12)18(20)17-11-16(17)13-7-9-15(19)10-8-13/h3-10,16-17H,2,11H2,1H3. The lowest BCUT2D eigenvalue weighted by molar-refractivity contribution is 0.0965. The van der Waals surface area contributed by atoms with Gasteiger partial charge in [-0.25, -0.2) is 0 Å². The van der Waals surface area contributed by atoms with Gasteiger partial charge in [-0.3, -0.25) is 4.79 Å². The van der Waals surface area contributed by atoms with Gasteiger partial charge in [-0.2, -0.15) is 0 Å². The minimum absolute atomic E-state index is 0.142. The number of hydrogen-bond donors (Lipinski definition) is 0. The number of rotatable bonds is 4. The molecule has 0 radical (unpaired) electrons. The van der Waals surface area contributed by atoms with Gasteiger partial charge in [-0.05, 0) is 42.0 Å². The molecule has 2 heteroatoms. The third kappa shape index (κ3) is 2.64. The number of benzene rings is 2. The Bertz CT molecular complexity index is 613. The second kappa shape index (κ2) is 5.41. The zero-order chi connectivity index (χ0) is 14.1. The number of Topliss-reactive ketones (excluding diaryl/α,β-unsaturated/α-hetero) is 1. The summed E-state index contributed by atoms with van der Waals surface area (Å²) in [6, 6.07) is 15.9. The highest BCUT2D eigenvalue weighted by Crippen LogP contribution is 2.49. The molecular formula is C18H17ClO. The van der Waals surface area contributed by atoms with E-state index in [1.54, 1.807) is 0 Å². The maximum Gasteiger partial charge on any atom is 0.166 e. The number of hydrogen-bond acceptors (Lipinski definition) is 1. The van der Waals surface area contributed by atoms with Crippen LogP contribution in [0.15, 0.2) is 48.5 Å². The molecular weight excluding hydrogens is 268 g/mol. The van der Waals surface area contributed by atoms with Crippen molar-refractivity contribution in [2.24, 2.45) is 5.92 Å². The van der Waals surface area contributed by atoms with Gasteiger partial charge >= 0.3 is 0 Å². The van der Waals surface area contributed by atoms with Crippen molar-refractivity contribution in [3.05, 3.63) is 70.2 Å². The summed E-state index contributed by atoms with van der Waals surface area (Å²) in [7, 11) is 0. The van der Waals surface area contributed by atoms with Crippen molar-refractivity contribution in [3.8, 4) is 0 Å². The lowest BCUT2D eigenvalue weighted by atomic mass is 10.0. The number of halogens is 1. The molecule has 1 nitrogen and oxygen atoms in total. The first-order valence-electron chi connectivity index (χ1n) is 7.07. The van der Waals surface area contributed by atoms with Crippen LogP contribution >= 0.6 is 11.6 Å². The van der Waals surface area contributed by atoms with Crippen LogP contribution in [-0.4, -0.2) is 5.78 Å². The zero-order valence-corrected chi connectivity index (χ0v) is 12.2. The van der Waals surface area contributed by atoms with Crippen molar-refractivity contribution in [1.29, 1.82) is 0 Å². The number of aryl methyl sites for hydroxylation is 1. The molecule has 0 aromatic heterocycles. The summed E-state index contributed by atoms with van der Waals surface area (Å²) in [4.78, 5) is 12.4. The summed E-state index contributed by atoms with van der Waals surface area (Å²) in [5, 5.41) is 0.743. The topological polar surface area (TPSA) is 17.1 Å². The molecule has 1 aliphatic carbocycles. The quantitative estimate of drug-likeness (QED) is 0.731. The number of carbonyl (C=O) groups is 1. The fraction of sp³-hybridized carbons (Fsp3) is 0.278. The Morgan fingerprint density at radius 2 is 1.75 bits per heavy atom. The van der Waals surface area contributed by atoms with E-state index in [9.17, 15) is 4.79 Å². The monoisotopic (exact) mass is 284 g/mol. The second-order valence-corrected chi connectivity index (χ2v) is 5.85. The third-order valence-corrected chi connectivity index (χ3v) is 4.32. The summed E-state index contributed by atoms with van der Waals surface area (Å²) >= 11 is 5.89. The summed E-state index contributed by atoms with van der Waals surface area (Å²) in [5.41, 5.74) is 3.33. The van der Waals surface area contributed by atoms with Gasteiger partial charge < -0.3 is 0 Å². The van der Waals surface area contributed by atoms with E-state index >= 15 is 0 Å². The predicted molar refractivity (Wildman–Crippen MR) is 82.5 cm³/mol. The average molecular weight is 285 g/mol. The maximum atomic E-state index is 12.4. The van der Waals surface area contributed by atoms with Crippen LogP contribution in [0.5, 0.6) is 0 Å². The summed E-state index contributed by atoms with van der Waals surface area (Å²) in [6.45, 7) is 2.12. The van der Waals surface area contributed by atoms with Crippen LogP contribution in [0, 0.1) is 5.92 Å². The Hall–Kier alpha value is -1.60. The van der Waals surface area contributed by atoms with E-state index in [2.05, 4.69) is 6.92 Å². The molecule has 0 heterocycles. The zero-order valence-electron chi connectivity index (χ0n) is 11.5. The molecule has 102 valence electrons. The molecule has 2 atom stereocenters. The van der Waals surface area contributed by atoms with Crippen LogP contribution in [0.25, 0.3) is 0 Å². The van der Waals surface area contributed by atoms with E-state index < -0.39 is 0 Å². The van der Waals surface area contributed by atoms with Gasteiger partial charge in [0.05, 0.1) is 0 Å². The first-order chi connectivity index (χ1) is 9.69. The molecule has 1 aliphatic rings. The van der Waals surface area contributed by atoms with Gasteiger partial charge in [0, 0.05) is 16.5 Å². The largest absolute Gasteiger partial charge is 0.294 e. The minimum atomic E-state index is 0.142. The van der Waals surface area contributed by atoms with Crippen molar-refractivity contribution in [3.63, 3.8) is 0 Å². The minimum Gasteiger partial charge on any atom is -0.294 e. The lowest BCUT2D eigenvalue weighted by Crippen LogP contribution is -2.03. The van der Waals surface area contributed by atoms with Crippen LogP contribution in [-0.2, 0) is 6.42 Å². The van der Waals surface area contributed by atoms with Crippen LogP contribution in [0.3, 0.4) is 0 Å². The summed E-state index contributed by atoms with van der Waals surface area (Å²) in [5.74, 6) is 0.780. The van der Waals surface area contributed by atoms with Crippen LogP contribution in [0.1, 0.15) is 40.7 Å². The van der Waals surface area contributed by atoms with Gasteiger partial charge in [-0.15, -0.1) is 0 Å². The van der Waals surface area contributed by atoms with Crippen LogP contribution in [0.4, 0.5) is 0 Å². The Balaban J connectivity index is 1.71. The Morgan fingerprint density at radius 1 is 1.10 bits per heavy atom. The molecule has 0 bridgehead atoms.